The highest BCUT2D eigenvalue weighted by Crippen LogP contribution is 2.41. The predicted molar refractivity (Wildman–Crippen MR) is 40.1 cm³/mol. The lowest BCUT2D eigenvalue weighted by Gasteiger charge is -2.09. The van der Waals surface area contributed by atoms with E-state index in [1.807, 2.05) is 6.92 Å². The second-order valence-corrected chi connectivity index (χ2v) is 3.28. The Hall–Kier alpha value is -0.570. The summed E-state index contributed by atoms with van der Waals surface area (Å²) in [6, 6.07) is 0. The quantitative estimate of drug-likeness (QED) is 0.583. The van der Waals surface area contributed by atoms with Crippen molar-refractivity contribution in [2.45, 2.75) is 32.0 Å². The number of hydrogen-bond donors (Lipinski definition) is 1. The Kier molecular flexibility index (Phi) is 1.60. The van der Waals surface area contributed by atoms with Crippen LogP contribution in [-0.4, -0.2) is 24.7 Å². The number of rotatable bonds is 2. The van der Waals surface area contributed by atoms with E-state index < -0.39 is 0 Å². The fourth-order valence-corrected chi connectivity index (χ4v) is 1.78. The summed E-state index contributed by atoms with van der Waals surface area (Å²) in [6.07, 6.45) is 2.72. The van der Waals surface area contributed by atoms with Crippen molar-refractivity contribution in [1.82, 2.24) is 5.32 Å². The van der Waals surface area contributed by atoms with Crippen LogP contribution in [0.2, 0.25) is 0 Å². The summed E-state index contributed by atoms with van der Waals surface area (Å²) in [5, 5.41) is 2.83. The Bertz CT molecular complexity index is 171. The van der Waals surface area contributed by atoms with Gasteiger partial charge in [0.1, 0.15) is 0 Å². The van der Waals surface area contributed by atoms with Crippen molar-refractivity contribution < 1.29 is 9.53 Å². The number of fused-ring (bicyclic) bond motifs is 1. The lowest BCUT2D eigenvalue weighted by molar-refractivity contribution is -0.125. The molecule has 1 heterocycles. The SMILES string of the molecule is CCNC(=O)C1C[C@@H]2O[C@@H]2C1. The molecule has 3 atom stereocenters. The molecule has 1 N–H and O–H groups in total. The molecule has 1 aliphatic heterocycles. The van der Waals surface area contributed by atoms with Crippen LogP contribution in [0.25, 0.3) is 0 Å². The summed E-state index contributed by atoms with van der Waals surface area (Å²) in [6.45, 7) is 2.69. The van der Waals surface area contributed by atoms with Gasteiger partial charge >= 0.3 is 0 Å². The second-order valence-electron chi connectivity index (χ2n) is 3.28. The van der Waals surface area contributed by atoms with Gasteiger partial charge in [-0.2, -0.15) is 0 Å². The first-order valence-electron chi connectivity index (χ1n) is 4.24. The van der Waals surface area contributed by atoms with E-state index in [2.05, 4.69) is 5.32 Å². The second kappa shape index (κ2) is 2.48. The fourth-order valence-electron chi connectivity index (χ4n) is 1.78. The number of hydrogen-bond acceptors (Lipinski definition) is 2. The molecule has 62 valence electrons. The number of ether oxygens (including phenoxy) is 1. The van der Waals surface area contributed by atoms with E-state index in [-0.39, 0.29) is 11.8 Å². The maximum absolute atomic E-state index is 11.2. The van der Waals surface area contributed by atoms with Gasteiger partial charge in [-0.05, 0) is 19.8 Å². The lowest BCUT2D eigenvalue weighted by Crippen LogP contribution is -2.29. The van der Waals surface area contributed by atoms with Gasteiger partial charge in [-0.25, -0.2) is 0 Å². The van der Waals surface area contributed by atoms with Crippen LogP contribution in [0.4, 0.5) is 0 Å². The van der Waals surface area contributed by atoms with Gasteiger partial charge in [0, 0.05) is 12.5 Å². The molecule has 0 aromatic rings. The molecule has 11 heavy (non-hydrogen) atoms. The molecule has 0 spiro atoms. The van der Waals surface area contributed by atoms with E-state index in [1.54, 1.807) is 0 Å². The van der Waals surface area contributed by atoms with E-state index >= 15 is 0 Å². The van der Waals surface area contributed by atoms with E-state index in [1.165, 1.54) is 0 Å². The van der Waals surface area contributed by atoms with E-state index in [4.69, 9.17) is 4.74 Å². The molecule has 3 heteroatoms. The largest absolute Gasteiger partial charge is 0.370 e. The molecule has 0 radical (unpaired) electrons. The Morgan fingerprint density at radius 3 is 2.73 bits per heavy atom. The molecule has 2 fully saturated rings. The standard InChI is InChI=1S/C8H13NO2/c1-2-9-8(10)5-3-6-7(4-5)11-6/h5-7H,2-4H2,1H3,(H,9,10)/t5?,6-,7+. The normalized spacial score (nSPS) is 39.9. The first kappa shape index (κ1) is 7.10. The highest BCUT2D eigenvalue weighted by atomic mass is 16.6. The number of amides is 1. The molecule has 1 aliphatic carbocycles. The molecule has 1 saturated carbocycles. The highest BCUT2D eigenvalue weighted by molar-refractivity contribution is 5.79. The van der Waals surface area contributed by atoms with Crippen LogP contribution in [0.1, 0.15) is 19.8 Å². The molecule has 1 amide bonds. The summed E-state index contributed by atoms with van der Waals surface area (Å²) >= 11 is 0. The zero-order valence-corrected chi connectivity index (χ0v) is 6.67. The summed E-state index contributed by atoms with van der Waals surface area (Å²) in [5.74, 6) is 0.446. The maximum atomic E-state index is 11.2. The first-order chi connectivity index (χ1) is 5.31. The molecule has 2 aliphatic rings. The van der Waals surface area contributed by atoms with Gasteiger partial charge in [0.25, 0.3) is 0 Å². The Morgan fingerprint density at radius 2 is 2.18 bits per heavy atom. The van der Waals surface area contributed by atoms with E-state index in [0.717, 1.165) is 19.4 Å². The van der Waals surface area contributed by atoms with Crippen LogP contribution in [0.3, 0.4) is 0 Å². The molecule has 0 bridgehead atoms. The predicted octanol–water partition coefficient (Wildman–Crippen LogP) is 0.300. The smallest absolute Gasteiger partial charge is 0.223 e. The van der Waals surface area contributed by atoms with Gasteiger partial charge in [-0.15, -0.1) is 0 Å². The first-order valence-corrected chi connectivity index (χ1v) is 4.24. The van der Waals surface area contributed by atoms with Crippen LogP contribution in [0, 0.1) is 5.92 Å². The molecular weight excluding hydrogens is 142 g/mol. The van der Waals surface area contributed by atoms with Crippen LogP contribution in [-0.2, 0) is 9.53 Å². The third-order valence-electron chi connectivity index (χ3n) is 2.44. The van der Waals surface area contributed by atoms with Crippen molar-refractivity contribution in [3.8, 4) is 0 Å². The van der Waals surface area contributed by atoms with Crippen molar-refractivity contribution in [2.75, 3.05) is 6.54 Å². The van der Waals surface area contributed by atoms with Crippen LogP contribution >= 0.6 is 0 Å². The molecule has 1 saturated heterocycles. The van der Waals surface area contributed by atoms with Gasteiger partial charge in [0.15, 0.2) is 0 Å². The van der Waals surface area contributed by atoms with Crippen molar-refractivity contribution in [2.24, 2.45) is 5.92 Å². The monoisotopic (exact) mass is 155 g/mol. The Balaban J connectivity index is 1.82. The van der Waals surface area contributed by atoms with Crippen LogP contribution in [0.5, 0.6) is 0 Å². The number of nitrogens with one attached hydrogen (secondary N) is 1. The maximum Gasteiger partial charge on any atom is 0.223 e. The van der Waals surface area contributed by atoms with Crippen molar-refractivity contribution in [3.63, 3.8) is 0 Å². The summed E-state index contributed by atoms with van der Waals surface area (Å²) in [4.78, 5) is 11.2. The minimum absolute atomic E-state index is 0.211. The summed E-state index contributed by atoms with van der Waals surface area (Å²) in [7, 11) is 0. The molecule has 0 aromatic carbocycles. The molecule has 2 rings (SSSR count). The third-order valence-corrected chi connectivity index (χ3v) is 2.44. The lowest BCUT2D eigenvalue weighted by atomic mass is 10.1. The van der Waals surface area contributed by atoms with Crippen molar-refractivity contribution in [3.05, 3.63) is 0 Å². The Morgan fingerprint density at radius 1 is 1.55 bits per heavy atom. The van der Waals surface area contributed by atoms with Gasteiger partial charge in [-0.3, -0.25) is 4.79 Å². The average Bonchev–Trinajstić information content (AvgIpc) is 2.59. The average molecular weight is 155 g/mol. The number of epoxide rings is 1. The van der Waals surface area contributed by atoms with Gasteiger partial charge in [0.2, 0.25) is 5.91 Å². The summed E-state index contributed by atoms with van der Waals surface area (Å²) < 4.78 is 5.23. The number of carbonyl (C=O) groups is 1. The zero-order valence-electron chi connectivity index (χ0n) is 6.67. The Labute approximate surface area is 66.1 Å². The molecule has 3 nitrogen and oxygen atoms in total. The minimum atomic E-state index is 0.211. The molecule has 0 aromatic heterocycles. The highest BCUT2D eigenvalue weighted by Gasteiger charge is 2.49. The van der Waals surface area contributed by atoms with Crippen LogP contribution < -0.4 is 5.32 Å². The van der Waals surface area contributed by atoms with Gasteiger partial charge in [-0.1, -0.05) is 0 Å². The van der Waals surface area contributed by atoms with E-state index in [0.29, 0.717) is 12.2 Å². The number of carbonyl (C=O) groups excluding carboxylic acids is 1. The van der Waals surface area contributed by atoms with Gasteiger partial charge < -0.3 is 10.1 Å². The van der Waals surface area contributed by atoms with Crippen LogP contribution in [0.15, 0.2) is 0 Å². The molecular formula is C8H13NO2. The molecule has 1 unspecified atom stereocenters. The van der Waals surface area contributed by atoms with Crippen molar-refractivity contribution >= 4 is 5.91 Å². The fraction of sp³-hybridized carbons (Fsp3) is 0.875. The van der Waals surface area contributed by atoms with Crippen molar-refractivity contribution in [1.29, 1.82) is 0 Å². The summed E-state index contributed by atoms with van der Waals surface area (Å²) in [5.41, 5.74) is 0. The van der Waals surface area contributed by atoms with E-state index in [9.17, 15) is 4.79 Å². The zero-order chi connectivity index (χ0) is 7.84. The minimum Gasteiger partial charge on any atom is -0.370 e. The third kappa shape index (κ3) is 1.25. The van der Waals surface area contributed by atoms with Gasteiger partial charge in [0.05, 0.1) is 12.2 Å². The topological polar surface area (TPSA) is 41.6 Å².